The van der Waals surface area contributed by atoms with Gasteiger partial charge in [-0.15, -0.1) is 24.0 Å². The Balaban J connectivity index is 0.00000341. The van der Waals surface area contributed by atoms with Crippen molar-refractivity contribution in [2.45, 2.75) is 18.9 Å². The van der Waals surface area contributed by atoms with Gasteiger partial charge in [-0.2, -0.15) is 0 Å². The van der Waals surface area contributed by atoms with Gasteiger partial charge in [0.15, 0.2) is 5.96 Å². The summed E-state index contributed by atoms with van der Waals surface area (Å²) in [5.74, 6) is -0.519. The van der Waals surface area contributed by atoms with Gasteiger partial charge < -0.3 is 21.3 Å². The fraction of sp³-hybridized carbons (Fsp3) is 0.364. The molecule has 0 radical (unpaired) electrons. The van der Waals surface area contributed by atoms with Crippen LogP contribution in [0.15, 0.2) is 53.5 Å². The van der Waals surface area contributed by atoms with Gasteiger partial charge in [-0.05, 0) is 48.7 Å². The lowest BCUT2D eigenvalue weighted by molar-refractivity contribution is -0.121. The molecule has 31 heavy (non-hydrogen) atoms. The quantitative estimate of drug-likeness (QED) is 0.277. The standard InChI is InChI=1S/C22H27ClFN5O.HI/c1-26-22(27-13-16(21(25)30)11-15-5-7-18(24)8-6-15)28-19-9-10-29(14-19)20-4-2-3-17(23)12-20;/h2-8,12,16,19H,9-11,13-14H2,1H3,(H2,25,30)(H2,26,27,28);1H. The summed E-state index contributed by atoms with van der Waals surface area (Å²) in [6, 6.07) is 14.1. The second-order valence-electron chi connectivity index (χ2n) is 7.44. The topological polar surface area (TPSA) is 82.7 Å². The summed E-state index contributed by atoms with van der Waals surface area (Å²) < 4.78 is 13.1. The highest BCUT2D eigenvalue weighted by atomic mass is 127. The number of hydrogen-bond donors (Lipinski definition) is 3. The van der Waals surface area contributed by atoms with Crippen LogP contribution in [0.25, 0.3) is 0 Å². The predicted molar refractivity (Wildman–Crippen MR) is 135 cm³/mol. The number of nitrogens with one attached hydrogen (secondary N) is 2. The Hall–Kier alpha value is -2.07. The van der Waals surface area contributed by atoms with E-state index in [9.17, 15) is 9.18 Å². The lowest BCUT2D eigenvalue weighted by atomic mass is 9.98. The number of carbonyl (C=O) groups is 1. The summed E-state index contributed by atoms with van der Waals surface area (Å²) in [6.45, 7) is 2.09. The Morgan fingerprint density at radius 2 is 2.06 bits per heavy atom. The Morgan fingerprint density at radius 3 is 2.71 bits per heavy atom. The van der Waals surface area contributed by atoms with E-state index in [-0.39, 0.29) is 35.8 Å². The molecule has 2 atom stereocenters. The molecule has 1 amide bonds. The largest absolute Gasteiger partial charge is 0.369 e. The Bertz CT molecular complexity index is 896. The molecule has 1 heterocycles. The number of aliphatic imine (C=N–C) groups is 1. The van der Waals surface area contributed by atoms with Crippen LogP contribution in [-0.2, 0) is 11.2 Å². The Labute approximate surface area is 204 Å². The van der Waals surface area contributed by atoms with E-state index in [4.69, 9.17) is 17.3 Å². The lowest BCUT2D eigenvalue weighted by Gasteiger charge is -2.21. The fourth-order valence-electron chi connectivity index (χ4n) is 3.57. The molecule has 9 heteroatoms. The van der Waals surface area contributed by atoms with Crippen molar-refractivity contribution in [3.05, 3.63) is 64.9 Å². The number of guanidine groups is 1. The van der Waals surface area contributed by atoms with Crippen molar-refractivity contribution < 1.29 is 9.18 Å². The predicted octanol–water partition coefficient (Wildman–Crippen LogP) is 3.19. The van der Waals surface area contributed by atoms with Gasteiger partial charge in [-0.1, -0.05) is 29.8 Å². The molecule has 168 valence electrons. The number of carbonyl (C=O) groups excluding carboxylic acids is 1. The third-order valence-corrected chi connectivity index (χ3v) is 5.47. The summed E-state index contributed by atoms with van der Waals surface area (Å²) in [5.41, 5.74) is 7.53. The molecule has 1 aliphatic rings. The van der Waals surface area contributed by atoms with E-state index < -0.39 is 11.8 Å². The number of benzene rings is 2. The second-order valence-corrected chi connectivity index (χ2v) is 7.88. The molecule has 0 aromatic heterocycles. The van der Waals surface area contributed by atoms with E-state index in [1.165, 1.54) is 12.1 Å². The molecule has 2 aromatic carbocycles. The average Bonchev–Trinajstić information content (AvgIpc) is 3.20. The summed E-state index contributed by atoms with van der Waals surface area (Å²) in [4.78, 5) is 18.4. The van der Waals surface area contributed by atoms with Gasteiger partial charge in [-0.25, -0.2) is 4.39 Å². The van der Waals surface area contributed by atoms with Gasteiger partial charge in [0.25, 0.3) is 0 Å². The first-order valence-corrected chi connectivity index (χ1v) is 10.3. The third-order valence-electron chi connectivity index (χ3n) is 5.24. The molecule has 3 rings (SSSR count). The van der Waals surface area contributed by atoms with E-state index in [0.29, 0.717) is 18.9 Å². The first-order valence-electron chi connectivity index (χ1n) is 9.96. The molecule has 0 spiro atoms. The number of nitrogens with zero attached hydrogens (tertiary/aromatic N) is 2. The number of nitrogens with two attached hydrogens (primary N) is 1. The average molecular weight is 560 g/mol. The van der Waals surface area contributed by atoms with Crippen molar-refractivity contribution in [1.29, 1.82) is 0 Å². The van der Waals surface area contributed by atoms with E-state index >= 15 is 0 Å². The van der Waals surface area contributed by atoms with Crippen LogP contribution in [0, 0.1) is 11.7 Å². The molecule has 2 aromatic rings. The minimum atomic E-state index is -0.430. The Morgan fingerprint density at radius 1 is 1.32 bits per heavy atom. The van der Waals surface area contributed by atoms with Gasteiger partial charge in [0, 0.05) is 43.4 Å². The van der Waals surface area contributed by atoms with Gasteiger partial charge >= 0.3 is 0 Å². The molecule has 4 N–H and O–H groups in total. The van der Waals surface area contributed by atoms with Crippen LogP contribution in [0.2, 0.25) is 5.02 Å². The Kier molecular flexibility index (Phi) is 9.83. The van der Waals surface area contributed by atoms with Crippen LogP contribution < -0.4 is 21.3 Å². The molecule has 2 unspecified atom stereocenters. The third kappa shape index (κ3) is 7.53. The number of anilines is 1. The molecular weight excluding hydrogens is 532 g/mol. The highest BCUT2D eigenvalue weighted by Crippen LogP contribution is 2.23. The van der Waals surface area contributed by atoms with Crippen LogP contribution in [-0.4, -0.2) is 44.6 Å². The monoisotopic (exact) mass is 559 g/mol. The maximum atomic E-state index is 13.1. The zero-order chi connectivity index (χ0) is 21.5. The highest BCUT2D eigenvalue weighted by Gasteiger charge is 2.24. The summed E-state index contributed by atoms with van der Waals surface area (Å²) in [5, 5.41) is 7.33. The zero-order valence-corrected chi connectivity index (χ0v) is 20.4. The summed E-state index contributed by atoms with van der Waals surface area (Å²) in [7, 11) is 1.69. The lowest BCUT2D eigenvalue weighted by Crippen LogP contribution is -2.47. The van der Waals surface area contributed by atoms with Gasteiger partial charge in [0.2, 0.25) is 5.91 Å². The minimum Gasteiger partial charge on any atom is -0.369 e. The molecule has 0 saturated carbocycles. The van der Waals surface area contributed by atoms with E-state index in [1.54, 1.807) is 19.2 Å². The number of halogens is 3. The van der Waals surface area contributed by atoms with Crippen molar-refractivity contribution in [3.63, 3.8) is 0 Å². The first kappa shape index (κ1) is 25.2. The maximum absolute atomic E-state index is 13.1. The molecule has 0 bridgehead atoms. The zero-order valence-electron chi connectivity index (χ0n) is 17.4. The summed E-state index contributed by atoms with van der Waals surface area (Å²) >= 11 is 6.10. The molecule has 1 aliphatic heterocycles. The van der Waals surface area contributed by atoms with Crippen LogP contribution >= 0.6 is 35.6 Å². The molecular formula is C22H28ClFIN5O. The molecule has 1 fully saturated rings. The SMILES string of the molecule is CN=C(NCC(Cc1ccc(F)cc1)C(N)=O)NC1CCN(c2cccc(Cl)c2)C1.I. The van der Waals surface area contributed by atoms with Crippen LogP contribution in [0.5, 0.6) is 0 Å². The smallest absolute Gasteiger partial charge is 0.222 e. The number of primary amides is 1. The van der Waals surface area contributed by atoms with Gasteiger partial charge in [0.1, 0.15) is 5.82 Å². The minimum absolute atomic E-state index is 0. The maximum Gasteiger partial charge on any atom is 0.222 e. The second kappa shape index (κ2) is 12.1. The summed E-state index contributed by atoms with van der Waals surface area (Å²) in [6.07, 6.45) is 1.40. The van der Waals surface area contributed by atoms with Crippen LogP contribution in [0.4, 0.5) is 10.1 Å². The van der Waals surface area contributed by atoms with E-state index in [2.05, 4.69) is 20.5 Å². The highest BCUT2D eigenvalue weighted by molar-refractivity contribution is 14.0. The number of hydrogen-bond acceptors (Lipinski definition) is 3. The molecule has 1 saturated heterocycles. The van der Waals surface area contributed by atoms with E-state index in [1.807, 2.05) is 24.3 Å². The van der Waals surface area contributed by atoms with Crippen molar-refractivity contribution in [1.82, 2.24) is 10.6 Å². The molecule has 0 aliphatic carbocycles. The van der Waals surface area contributed by atoms with Crippen molar-refractivity contribution in [2.24, 2.45) is 16.6 Å². The van der Waals surface area contributed by atoms with Crippen molar-refractivity contribution in [3.8, 4) is 0 Å². The number of amides is 1. The van der Waals surface area contributed by atoms with Crippen molar-refractivity contribution >= 4 is 53.1 Å². The fourth-order valence-corrected chi connectivity index (χ4v) is 3.76. The van der Waals surface area contributed by atoms with Gasteiger partial charge in [-0.3, -0.25) is 9.79 Å². The van der Waals surface area contributed by atoms with Gasteiger partial charge in [0.05, 0.1) is 5.92 Å². The molecule has 6 nitrogen and oxygen atoms in total. The van der Waals surface area contributed by atoms with Crippen LogP contribution in [0.1, 0.15) is 12.0 Å². The van der Waals surface area contributed by atoms with Crippen LogP contribution in [0.3, 0.4) is 0 Å². The van der Waals surface area contributed by atoms with Crippen molar-refractivity contribution in [2.75, 3.05) is 31.6 Å². The van der Waals surface area contributed by atoms with E-state index in [0.717, 1.165) is 35.8 Å². The number of rotatable bonds is 7. The normalized spacial score (nSPS) is 17.1. The first-order chi connectivity index (χ1) is 14.4.